The fourth-order valence-electron chi connectivity index (χ4n) is 4.67. The standard InChI is InChI=1S/C21H24N4O/c1-13-10-15(11-19(13)26)25-9-8-17-20(22-12-23-21(17)25)24-18-7-6-14-4-2-3-5-16(14)18/h2-5,8-9,12-13,15,18-19,26H,6-7,10-11H2,1H3,(H,22,23,24)/t13-,15+,18-,19+/m0/s1. The van der Waals surface area contributed by atoms with Crippen LogP contribution in [0.1, 0.15) is 49.4 Å². The Hall–Kier alpha value is -2.40. The molecule has 2 aliphatic carbocycles. The van der Waals surface area contributed by atoms with Gasteiger partial charge in [-0.3, -0.25) is 0 Å². The van der Waals surface area contributed by atoms with E-state index in [9.17, 15) is 5.11 Å². The Bertz CT molecular complexity index is 940. The lowest BCUT2D eigenvalue weighted by molar-refractivity contribution is 0.139. The summed E-state index contributed by atoms with van der Waals surface area (Å²) in [5.41, 5.74) is 3.77. The molecular weight excluding hydrogens is 324 g/mol. The van der Waals surface area contributed by atoms with Gasteiger partial charge in [-0.2, -0.15) is 0 Å². The molecule has 2 N–H and O–H groups in total. The second-order valence-electron chi connectivity index (χ2n) is 7.79. The van der Waals surface area contributed by atoms with Crippen molar-refractivity contribution in [3.05, 3.63) is 54.0 Å². The Morgan fingerprint density at radius 1 is 1.15 bits per heavy atom. The maximum absolute atomic E-state index is 10.1. The first kappa shape index (κ1) is 15.8. The molecular formula is C21H24N4O. The number of nitrogens with zero attached hydrogens (tertiary/aromatic N) is 3. The van der Waals surface area contributed by atoms with Crippen LogP contribution in [0.5, 0.6) is 0 Å². The van der Waals surface area contributed by atoms with Gasteiger partial charge in [-0.25, -0.2) is 9.97 Å². The van der Waals surface area contributed by atoms with E-state index in [-0.39, 0.29) is 6.10 Å². The average Bonchev–Trinajstić information content (AvgIpc) is 3.34. The van der Waals surface area contributed by atoms with Gasteiger partial charge in [0, 0.05) is 12.2 Å². The maximum Gasteiger partial charge on any atom is 0.145 e. The van der Waals surface area contributed by atoms with Gasteiger partial charge in [-0.05, 0) is 48.8 Å². The second kappa shape index (κ2) is 6.09. The Morgan fingerprint density at radius 3 is 2.88 bits per heavy atom. The first-order valence-corrected chi connectivity index (χ1v) is 9.54. The summed E-state index contributed by atoms with van der Waals surface area (Å²) < 4.78 is 2.22. The van der Waals surface area contributed by atoms with Crippen LogP contribution < -0.4 is 5.32 Å². The number of nitrogens with one attached hydrogen (secondary N) is 1. The highest BCUT2D eigenvalue weighted by Gasteiger charge is 2.32. The molecule has 5 nitrogen and oxygen atoms in total. The summed E-state index contributed by atoms with van der Waals surface area (Å²) in [6.45, 7) is 2.12. The number of hydrogen-bond donors (Lipinski definition) is 2. The first-order valence-electron chi connectivity index (χ1n) is 9.54. The molecule has 2 heterocycles. The van der Waals surface area contributed by atoms with Crippen molar-refractivity contribution in [2.24, 2.45) is 5.92 Å². The van der Waals surface area contributed by atoms with E-state index in [1.165, 1.54) is 11.1 Å². The topological polar surface area (TPSA) is 63.0 Å². The number of aromatic nitrogens is 3. The van der Waals surface area contributed by atoms with Gasteiger partial charge in [0.1, 0.15) is 17.8 Å². The molecule has 4 atom stereocenters. The molecule has 0 spiro atoms. The highest BCUT2D eigenvalue weighted by Crippen LogP contribution is 2.38. The molecule has 5 heteroatoms. The molecule has 5 rings (SSSR count). The van der Waals surface area contributed by atoms with Crippen LogP contribution in [-0.2, 0) is 6.42 Å². The van der Waals surface area contributed by atoms with Crippen LogP contribution in [0.4, 0.5) is 5.82 Å². The summed E-state index contributed by atoms with van der Waals surface area (Å²) in [4.78, 5) is 9.07. The van der Waals surface area contributed by atoms with E-state index in [1.54, 1.807) is 6.33 Å². The lowest BCUT2D eigenvalue weighted by atomic mass is 10.1. The van der Waals surface area contributed by atoms with E-state index in [4.69, 9.17) is 0 Å². The number of aliphatic hydroxyl groups is 1. The molecule has 134 valence electrons. The van der Waals surface area contributed by atoms with Gasteiger partial charge in [-0.1, -0.05) is 31.2 Å². The third-order valence-electron chi connectivity index (χ3n) is 6.16. The molecule has 0 amide bonds. The summed E-state index contributed by atoms with van der Waals surface area (Å²) >= 11 is 0. The van der Waals surface area contributed by atoms with Crippen LogP contribution in [-0.4, -0.2) is 25.7 Å². The van der Waals surface area contributed by atoms with Crippen molar-refractivity contribution >= 4 is 16.9 Å². The molecule has 26 heavy (non-hydrogen) atoms. The second-order valence-corrected chi connectivity index (χ2v) is 7.79. The smallest absolute Gasteiger partial charge is 0.145 e. The number of fused-ring (bicyclic) bond motifs is 2. The fraction of sp³-hybridized carbons (Fsp3) is 0.429. The number of rotatable bonds is 3. The molecule has 1 fully saturated rings. The van der Waals surface area contributed by atoms with Crippen molar-refractivity contribution in [1.29, 1.82) is 0 Å². The number of aryl methyl sites for hydroxylation is 1. The van der Waals surface area contributed by atoms with Gasteiger partial charge in [0.25, 0.3) is 0 Å². The highest BCUT2D eigenvalue weighted by molar-refractivity contribution is 5.87. The highest BCUT2D eigenvalue weighted by atomic mass is 16.3. The quantitative estimate of drug-likeness (QED) is 0.754. The van der Waals surface area contributed by atoms with E-state index >= 15 is 0 Å². The zero-order valence-corrected chi connectivity index (χ0v) is 15.0. The van der Waals surface area contributed by atoms with Crippen molar-refractivity contribution in [2.75, 3.05) is 5.32 Å². The van der Waals surface area contributed by atoms with Gasteiger partial charge in [0.05, 0.1) is 17.5 Å². The van der Waals surface area contributed by atoms with Gasteiger partial charge in [0.15, 0.2) is 0 Å². The third-order valence-corrected chi connectivity index (χ3v) is 6.16. The zero-order valence-electron chi connectivity index (χ0n) is 15.0. The summed E-state index contributed by atoms with van der Waals surface area (Å²) in [7, 11) is 0. The number of anilines is 1. The molecule has 1 aromatic carbocycles. The Morgan fingerprint density at radius 2 is 2.04 bits per heavy atom. The van der Waals surface area contributed by atoms with Crippen LogP contribution in [0.2, 0.25) is 0 Å². The minimum absolute atomic E-state index is 0.216. The van der Waals surface area contributed by atoms with Crippen LogP contribution in [0.3, 0.4) is 0 Å². The first-order chi connectivity index (χ1) is 12.7. The minimum atomic E-state index is -0.216. The van der Waals surface area contributed by atoms with Gasteiger partial charge in [0.2, 0.25) is 0 Å². The van der Waals surface area contributed by atoms with Crippen molar-refractivity contribution in [3.63, 3.8) is 0 Å². The van der Waals surface area contributed by atoms with Crippen molar-refractivity contribution < 1.29 is 5.11 Å². The minimum Gasteiger partial charge on any atom is -0.393 e. The van der Waals surface area contributed by atoms with Crippen LogP contribution in [0, 0.1) is 5.92 Å². The molecule has 0 saturated heterocycles. The average molecular weight is 348 g/mol. The summed E-state index contributed by atoms with van der Waals surface area (Å²) in [5, 5.41) is 14.8. The van der Waals surface area contributed by atoms with E-state index in [0.29, 0.717) is 18.0 Å². The Labute approximate surface area is 153 Å². The molecule has 1 saturated carbocycles. The van der Waals surface area contributed by atoms with E-state index in [1.807, 2.05) is 0 Å². The largest absolute Gasteiger partial charge is 0.393 e. The van der Waals surface area contributed by atoms with Gasteiger partial charge >= 0.3 is 0 Å². The van der Waals surface area contributed by atoms with Crippen molar-refractivity contribution in [2.45, 2.75) is 50.8 Å². The van der Waals surface area contributed by atoms with Crippen LogP contribution in [0.25, 0.3) is 11.0 Å². The van der Waals surface area contributed by atoms with Crippen molar-refractivity contribution in [1.82, 2.24) is 14.5 Å². The molecule has 0 bridgehead atoms. The van der Waals surface area contributed by atoms with Gasteiger partial charge in [-0.15, -0.1) is 0 Å². The zero-order chi connectivity index (χ0) is 17.7. The monoisotopic (exact) mass is 348 g/mol. The Kier molecular flexibility index (Phi) is 3.71. The van der Waals surface area contributed by atoms with E-state index < -0.39 is 0 Å². The predicted octanol–water partition coefficient (Wildman–Crippen LogP) is 3.86. The predicted molar refractivity (Wildman–Crippen MR) is 102 cm³/mol. The molecule has 2 aromatic heterocycles. The van der Waals surface area contributed by atoms with Crippen LogP contribution in [0.15, 0.2) is 42.9 Å². The van der Waals surface area contributed by atoms with Crippen molar-refractivity contribution in [3.8, 4) is 0 Å². The lowest BCUT2D eigenvalue weighted by Crippen LogP contribution is -2.10. The lowest BCUT2D eigenvalue weighted by Gasteiger charge is -2.16. The molecule has 0 radical (unpaired) electrons. The maximum atomic E-state index is 10.1. The normalized spacial score (nSPS) is 27.8. The molecule has 0 aliphatic heterocycles. The number of aliphatic hydroxyl groups excluding tert-OH is 1. The summed E-state index contributed by atoms with van der Waals surface area (Å²) in [5.74, 6) is 1.24. The number of benzene rings is 1. The van der Waals surface area contributed by atoms with E-state index in [0.717, 1.165) is 42.5 Å². The molecule has 3 aromatic rings. The molecule has 2 aliphatic rings. The summed E-state index contributed by atoms with van der Waals surface area (Å²) in [6.07, 6.45) is 7.53. The van der Waals surface area contributed by atoms with Crippen LogP contribution >= 0.6 is 0 Å². The fourth-order valence-corrected chi connectivity index (χ4v) is 4.67. The van der Waals surface area contributed by atoms with E-state index in [2.05, 4.69) is 63.3 Å². The number of hydrogen-bond acceptors (Lipinski definition) is 4. The SMILES string of the molecule is C[C@H]1C[C@@H](n2ccc3c(N[C@H]4CCc5ccccc54)ncnc32)C[C@H]1O. The third kappa shape index (κ3) is 2.50. The molecule has 0 unspecified atom stereocenters. The van der Waals surface area contributed by atoms with Gasteiger partial charge < -0.3 is 15.0 Å². The summed E-state index contributed by atoms with van der Waals surface area (Å²) in [6, 6.07) is 11.4. The Balaban J connectivity index is 1.47.